The molecule has 1 aliphatic rings. The molecular formula is C20H25N3O3. The van der Waals surface area contributed by atoms with Crippen LogP contribution in [0.4, 0.5) is 5.69 Å². The molecular weight excluding hydrogens is 330 g/mol. The zero-order valence-electron chi connectivity index (χ0n) is 15.1. The van der Waals surface area contributed by atoms with Gasteiger partial charge in [-0.2, -0.15) is 0 Å². The molecule has 0 aliphatic carbocycles. The molecule has 1 aliphatic heterocycles. The third-order valence-corrected chi connectivity index (χ3v) is 4.67. The van der Waals surface area contributed by atoms with E-state index in [0.29, 0.717) is 30.3 Å². The summed E-state index contributed by atoms with van der Waals surface area (Å²) >= 11 is 0. The summed E-state index contributed by atoms with van der Waals surface area (Å²) in [5.74, 6) is 1.43. The average molecular weight is 355 g/mol. The van der Waals surface area contributed by atoms with E-state index in [0.717, 1.165) is 6.54 Å². The molecule has 2 atom stereocenters. The van der Waals surface area contributed by atoms with Crippen molar-refractivity contribution < 1.29 is 14.3 Å². The van der Waals surface area contributed by atoms with E-state index in [9.17, 15) is 4.79 Å². The highest BCUT2D eigenvalue weighted by atomic mass is 16.5. The minimum Gasteiger partial charge on any atom is -0.497 e. The van der Waals surface area contributed by atoms with Gasteiger partial charge in [0.1, 0.15) is 11.5 Å². The van der Waals surface area contributed by atoms with Crippen LogP contribution in [0.15, 0.2) is 48.5 Å². The molecule has 6 heteroatoms. The molecule has 138 valence electrons. The highest BCUT2D eigenvalue weighted by molar-refractivity contribution is 5.92. The van der Waals surface area contributed by atoms with Gasteiger partial charge in [0.15, 0.2) is 0 Å². The monoisotopic (exact) mass is 355 g/mol. The number of hydrogen-bond donors (Lipinski definition) is 2. The molecule has 2 aromatic carbocycles. The third kappa shape index (κ3) is 4.33. The molecule has 26 heavy (non-hydrogen) atoms. The van der Waals surface area contributed by atoms with Gasteiger partial charge >= 0.3 is 0 Å². The number of likely N-dealkylation sites (tertiary alicyclic amines) is 1. The van der Waals surface area contributed by atoms with Gasteiger partial charge in [-0.25, -0.2) is 0 Å². The van der Waals surface area contributed by atoms with Crippen LogP contribution in [0.2, 0.25) is 0 Å². The zero-order valence-corrected chi connectivity index (χ0v) is 15.1. The van der Waals surface area contributed by atoms with Crippen LogP contribution in [0, 0.1) is 0 Å². The van der Waals surface area contributed by atoms with Crippen molar-refractivity contribution in [2.24, 2.45) is 5.73 Å². The first-order valence-electron chi connectivity index (χ1n) is 8.65. The van der Waals surface area contributed by atoms with E-state index in [2.05, 4.69) is 22.3 Å². The van der Waals surface area contributed by atoms with E-state index < -0.39 is 0 Å². The Kier molecular flexibility index (Phi) is 5.75. The molecule has 0 unspecified atom stereocenters. The number of hydrogen-bond acceptors (Lipinski definition) is 5. The molecule has 0 radical (unpaired) electrons. The quantitative estimate of drug-likeness (QED) is 0.830. The summed E-state index contributed by atoms with van der Waals surface area (Å²) < 4.78 is 10.5. The Morgan fingerprint density at radius 2 is 1.77 bits per heavy atom. The van der Waals surface area contributed by atoms with E-state index in [1.165, 1.54) is 5.56 Å². The number of nitrogens with two attached hydrogens (primary N) is 1. The normalized spacial score (nSPS) is 20.0. The zero-order chi connectivity index (χ0) is 18.5. The first kappa shape index (κ1) is 18.2. The Labute approximate surface area is 153 Å². The van der Waals surface area contributed by atoms with E-state index in [-0.39, 0.29) is 17.9 Å². The van der Waals surface area contributed by atoms with Crippen molar-refractivity contribution in [3.8, 4) is 11.5 Å². The second kappa shape index (κ2) is 8.21. The maximum atomic E-state index is 12.4. The Hall–Kier alpha value is -2.57. The number of rotatable bonds is 6. The van der Waals surface area contributed by atoms with Crippen LogP contribution in [-0.2, 0) is 4.79 Å². The Bertz CT molecular complexity index is 729. The topological polar surface area (TPSA) is 76.8 Å². The molecule has 0 bridgehead atoms. The summed E-state index contributed by atoms with van der Waals surface area (Å²) in [6.07, 6.45) is 0. The van der Waals surface area contributed by atoms with Gasteiger partial charge in [0.05, 0.1) is 20.8 Å². The number of methoxy groups -OCH3 is 2. The molecule has 3 rings (SSSR count). The molecule has 1 saturated heterocycles. The molecule has 1 fully saturated rings. The minimum atomic E-state index is -0.0822. The lowest BCUT2D eigenvalue weighted by Crippen LogP contribution is -2.33. The Morgan fingerprint density at radius 3 is 2.38 bits per heavy atom. The van der Waals surface area contributed by atoms with Crippen LogP contribution < -0.4 is 20.5 Å². The number of anilines is 1. The first-order chi connectivity index (χ1) is 12.6. The number of amides is 1. The van der Waals surface area contributed by atoms with Crippen molar-refractivity contribution in [1.82, 2.24) is 4.90 Å². The smallest absolute Gasteiger partial charge is 0.238 e. The summed E-state index contributed by atoms with van der Waals surface area (Å²) in [6, 6.07) is 15.6. The molecule has 0 spiro atoms. The SMILES string of the molecule is COc1cc(NC(=O)CN2C[C@@H](N)[C@H](c3ccccc3)C2)cc(OC)c1. The fourth-order valence-corrected chi connectivity index (χ4v) is 3.38. The lowest BCUT2D eigenvalue weighted by Gasteiger charge is -2.16. The minimum absolute atomic E-state index is 0.0297. The largest absolute Gasteiger partial charge is 0.497 e. The van der Waals surface area contributed by atoms with Gasteiger partial charge in [-0.05, 0) is 5.56 Å². The highest BCUT2D eigenvalue weighted by Crippen LogP contribution is 2.27. The second-order valence-electron chi connectivity index (χ2n) is 6.52. The molecule has 0 saturated carbocycles. The number of carbonyl (C=O) groups excluding carboxylic acids is 1. The summed E-state index contributed by atoms with van der Waals surface area (Å²) in [5, 5.41) is 2.91. The van der Waals surface area contributed by atoms with Crippen LogP contribution >= 0.6 is 0 Å². The van der Waals surface area contributed by atoms with E-state index >= 15 is 0 Å². The maximum absolute atomic E-state index is 12.4. The molecule has 1 amide bonds. The maximum Gasteiger partial charge on any atom is 0.238 e. The van der Waals surface area contributed by atoms with Crippen molar-refractivity contribution in [2.75, 3.05) is 39.2 Å². The molecule has 0 aromatic heterocycles. The molecule has 2 aromatic rings. The highest BCUT2D eigenvalue weighted by Gasteiger charge is 2.31. The van der Waals surface area contributed by atoms with Crippen molar-refractivity contribution in [3.05, 3.63) is 54.1 Å². The van der Waals surface area contributed by atoms with E-state index in [1.807, 2.05) is 18.2 Å². The lowest BCUT2D eigenvalue weighted by atomic mass is 9.95. The fourth-order valence-electron chi connectivity index (χ4n) is 3.38. The molecule has 6 nitrogen and oxygen atoms in total. The predicted molar refractivity (Wildman–Crippen MR) is 102 cm³/mol. The van der Waals surface area contributed by atoms with Gasteiger partial charge < -0.3 is 20.5 Å². The van der Waals surface area contributed by atoms with Crippen molar-refractivity contribution in [2.45, 2.75) is 12.0 Å². The van der Waals surface area contributed by atoms with Gasteiger partial charge in [-0.3, -0.25) is 9.69 Å². The van der Waals surface area contributed by atoms with Crippen LogP contribution in [0.3, 0.4) is 0 Å². The number of ether oxygens (including phenoxy) is 2. The number of carbonyl (C=O) groups is 1. The fraction of sp³-hybridized carbons (Fsp3) is 0.350. The van der Waals surface area contributed by atoms with Crippen molar-refractivity contribution in [3.63, 3.8) is 0 Å². The summed E-state index contributed by atoms with van der Waals surface area (Å²) in [5.41, 5.74) is 8.17. The Morgan fingerprint density at radius 1 is 1.12 bits per heavy atom. The van der Waals surface area contributed by atoms with Crippen LogP contribution in [-0.4, -0.2) is 50.7 Å². The average Bonchev–Trinajstić information content (AvgIpc) is 3.01. The summed E-state index contributed by atoms with van der Waals surface area (Å²) in [4.78, 5) is 14.5. The van der Waals surface area contributed by atoms with Gasteiger partial charge in [-0.1, -0.05) is 30.3 Å². The standard InChI is InChI=1S/C20H25N3O3/c1-25-16-8-15(9-17(10-16)26-2)22-20(24)13-23-11-18(19(21)12-23)14-6-4-3-5-7-14/h3-10,18-19H,11-13,21H2,1-2H3,(H,22,24)/t18-,19+/m0/s1. The third-order valence-electron chi connectivity index (χ3n) is 4.67. The molecule has 1 heterocycles. The number of benzene rings is 2. The first-order valence-corrected chi connectivity index (χ1v) is 8.65. The van der Waals surface area contributed by atoms with Gasteiger partial charge in [0.2, 0.25) is 5.91 Å². The predicted octanol–water partition coefficient (Wildman–Crippen LogP) is 2.07. The van der Waals surface area contributed by atoms with E-state index in [4.69, 9.17) is 15.2 Å². The Balaban J connectivity index is 1.61. The van der Waals surface area contributed by atoms with Crippen LogP contribution in [0.1, 0.15) is 11.5 Å². The second-order valence-corrected chi connectivity index (χ2v) is 6.52. The summed E-state index contributed by atoms with van der Waals surface area (Å²) in [6.45, 7) is 1.78. The lowest BCUT2D eigenvalue weighted by molar-refractivity contribution is -0.117. The van der Waals surface area contributed by atoms with Crippen molar-refractivity contribution in [1.29, 1.82) is 0 Å². The number of nitrogens with zero attached hydrogens (tertiary/aromatic N) is 1. The van der Waals surface area contributed by atoms with Crippen LogP contribution in [0.5, 0.6) is 11.5 Å². The van der Waals surface area contributed by atoms with Gasteiger partial charge in [0.25, 0.3) is 0 Å². The van der Waals surface area contributed by atoms with Gasteiger partial charge in [0, 0.05) is 48.9 Å². The molecule has 3 N–H and O–H groups in total. The summed E-state index contributed by atoms with van der Waals surface area (Å²) in [7, 11) is 3.16. The van der Waals surface area contributed by atoms with E-state index in [1.54, 1.807) is 32.4 Å². The number of nitrogens with one attached hydrogen (secondary N) is 1. The van der Waals surface area contributed by atoms with Crippen molar-refractivity contribution >= 4 is 11.6 Å². The van der Waals surface area contributed by atoms with Crippen LogP contribution in [0.25, 0.3) is 0 Å². The van der Waals surface area contributed by atoms with Gasteiger partial charge in [-0.15, -0.1) is 0 Å².